The van der Waals surface area contributed by atoms with Crippen molar-refractivity contribution >= 4 is 17.7 Å². The van der Waals surface area contributed by atoms with Gasteiger partial charge in [-0.15, -0.1) is 11.8 Å². The number of allylic oxidation sites excluding steroid dienone is 5. The topological polar surface area (TPSA) is 20.3 Å². The van der Waals surface area contributed by atoms with Crippen molar-refractivity contribution in [3.8, 4) is 0 Å². The summed E-state index contributed by atoms with van der Waals surface area (Å²) >= 11 is 1.78. The second-order valence-corrected chi connectivity index (χ2v) is 7.90. The normalized spacial score (nSPS) is 25.4. The van der Waals surface area contributed by atoms with E-state index in [-0.39, 0.29) is 11.3 Å². The third-order valence-electron chi connectivity index (χ3n) is 4.23. The van der Waals surface area contributed by atoms with Crippen LogP contribution in [0, 0.1) is 11.3 Å². The van der Waals surface area contributed by atoms with E-state index in [0.29, 0.717) is 5.91 Å². The minimum Gasteiger partial charge on any atom is -0.342 e. The van der Waals surface area contributed by atoms with Gasteiger partial charge in [0.15, 0.2) is 0 Å². The highest BCUT2D eigenvalue weighted by Crippen LogP contribution is 2.37. The number of hydrogen-bond donors (Lipinski definition) is 0. The highest BCUT2D eigenvalue weighted by molar-refractivity contribution is 8.03. The zero-order valence-electron chi connectivity index (χ0n) is 14.0. The van der Waals surface area contributed by atoms with Crippen molar-refractivity contribution in [1.82, 2.24) is 4.90 Å². The molecular formula is C19H27NOS. The van der Waals surface area contributed by atoms with Crippen LogP contribution >= 0.6 is 11.8 Å². The van der Waals surface area contributed by atoms with E-state index >= 15 is 0 Å². The van der Waals surface area contributed by atoms with Gasteiger partial charge in [0.2, 0.25) is 5.91 Å². The Balaban J connectivity index is 2.09. The van der Waals surface area contributed by atoms with Crippen LogP contribution in [0.1, 0.15) is 33.6 Å². The van der Waals surface area contributed by atoms with E-state index in [0.717, 1.165) is 30.8 Å². The first-order valence-electron chi connectivity index (χ1n) is 8.06. The number of hydrogen-bond acceptors (Lipinski definition) is 2. The Morgan fingerprint density at radius 3 is 2.91 bits per heavy atom. The lowest BCUT2D eigenvalue weighted by molar-refractivity contribution is -0.136. The molecule has 22 heavy (non-hydrogen) atoms. The van der Waals surface area contributed by atoms with Gasteiger partial charge in [-0.05, 0) is 30.8 Å². The minimum absolute atomic E-state index is 0.0207. The number of carbonyl (C=O) groups is 1. The van der Waals surface area contributed by atoms with E-state index in [9.17, 15) is 4.79 Å². The highest BCUT2D eigenvalue weighted by atomic mass is 32.2. The summed E-state index contributed by atoms with van der Waals surface area (Å²) in [7, 11) is 0. The first-order valence-corrected chi connectivity index (χ1v) is 9.04. The highest BCUT2D eigenvalue weighted by Gasteiger charge is 2.33. The Hall–Kier alpha value is -1.22. The Morgan fingerprint density at radius 1 is 1.50 bits per heavy atom. The third kappa shape index (κ3) is 4.16. The van der Waals surface area contributed by atoms with Crippen molar-refractivity contribution in [2.45, 2.75) is 33.6 Å². The van der Waals surface area contributed by atoms with Crippen molar-refractivity contribution in [1.29, 1.82) is 0 Å². The summed E-state index contributed by atoms with van der Waals surface area (Å²) in [5, 5.41) is 0. The predicted octanol–water partition coefficient (Wildman–Crippen LogP) is 4.57. The van der Waals surface area contributed by atoms with Gasteiger partial charge in [0, 0.05) is 23.7 Å². The maximum atomic E-state index is 12.8. The van der Waals surface area contributed by atoms with Crippen molar-refractivity contribution < 1.29 is 4.79 Å². The maximum Gasteiger partial charge on any atom is 0.230 e. The molecule has 0 bridgehead atoms. The predicted molar refractivity (Wildman–Crippen MR) is 96.7 cm³/mol. The molecule has 3 heteroatoms. The molecular weight excluding hydrogens is 290 g/mol. The van der Waals surface area contributed by atoms with E-state index in [4.69, 9.17) is 0 Å². The van der Waals surface area contributed by atoms with Crippen LogP contribution in [0.2, 0.25) is 0 Å². The zero-order chi connectivity index (χ0) is 16.2. The van der Waals surface area contributed by atoms with Crippen LogP contribution in [-0.4, -0.2) is 29.6 Å². The molecule has 0 spiro atoms. The smallest absolute Gasteiger partial charge is 0.230 e. The van der Waals surface area contributed by atoms with Gasteiger partial charge in [0.1, 0.15) is 0 Å². The van der Waals surface area contributed by atoms with Crippen molar-refractivity contribution in [2.75, 3.05) is 18.8 Å². The first kappa shape index (κ1) is 17.1. The van der Waals surface area contributed by atoms with Crippen LogP contribution in [0.5, 0.6) is 0 Å². The number of likely N-dealkylation sites (tertiary alicyclic amines) is 1. The molecule has 0 aromatic carbocycles. The van der Waals surface area contributed by atoms with E-state index in [2.05, 4.69) is 37.5 Å². The molecule has 0 aliphatic carbocycles. The molecule has 0 radical (unpaired) electrons. The summed E-state index contributed by atoms with van der Waals surface area (Å²) < 4.78 is 0. The van der Waals surface area contributed by atoms with Gasteiger partial charge in [-0.25, -0.2) is 0 Å². The molecule has 0 aromatic heterocycles. The van der Waals surface area contributed by atoms with Crippen molar-refractivity contribution in [2.24, 2.45) is 11.3 Å². The van der Waals surface area contributed by atoms with Gasteiger partial charge in [0.05, 0.1) is 5.92 Å². The molecule has 1 saturated heterocycles. The molecule has 0 N–H and O–H groups in total. The molecule has 2 nitrogen and oxygen atoms in total. The molecule has 0 saturated carbocycles. The molecule has 1 amide bonds. The van der Waals surface area contributed by atoms with Gasteiger partial charge < -0.3 is 4.90 Å². The summed E-state index contributed by atoms with van der Waals surface area (Å²) in [4.78, 5) is 16.1. The molecule has 2 aliphatic rings. The van der Waals surface area contributed by atoms with Gasteiger partial charge in [-0.2, -0.15) is 0 Å². The van der Waals surface area contributed by atoms with Gasteiger partial charge in [-0.1, -0.05) is 50.8 Å². The molecule has 1 fully saturated rings. The summed E-state index contributed by atoms with van der Waals surface area (Å²) in [6, 6.07) is 0. The lowest BCUT2D eigenvalue weighted by atomic mass is 9.84. The van der Waals surface area contributed by atoms with Crippen LogP contribution in [0.4, 0.5) is 0 Å². The average Bonchev–Trinajstić information content (AvgIpc) is 2.95. The van der Waals surface area contributed by atoms with Crippen LogP contribution in [0.3, 0.4) is 0 Å². The Morgan fingerprint density at radius 2 is 2.27 bits per heavy atom. The Bertz CT molecular complexity index is 528. The molecule has 0 aromatic rings. The summed E-state index contributed by atoms with van der Waals surface area (Å²) in [6.07, 6.45) is 12.4. The largest absolute Gasteiger partial charge is 0.342 e. The number of amides is 1. The number of thioether (sulfide) groups is 1. The summed E-state index contributed by atoms with van der Waals surface area (Å²) in [6.45, 7) is 12.1. The average molecular weight is 317 g/mol. The van der Waals surface area contributed by atoms with Crippen molar-refractivity contribution in [3.63, 3.8) is 0 Å². The number of piperidine rings is 1. The quantitative estimate of drug-likeness (QED) is 0.708. The fourth-order valence-electron chi connectivity index (χ4n) is 3.15. The van der Waals surface area contributed by atoms with Crippen LogP contribution < -0.4 is 0 Å². The van der Waals surface area contributed by atoms with Gasteiger partial charge in [0.25, 0.3) is 0 Å². The summed E-state index contributed by atoms with van der Waals surface area (Å²) in [5.41, 5.74) is 1.40. The molecule has 2 rings (SSSR count). The number of carbonyl (C=O) groups excluding carboxylic acids is 1. The molecule has 2 aliphatic heterocycles. The fraction of sp³-hybridized carbons (Fsp3) is 0.526. The lowest BCUT2D eigenvalue weighted by Gasteiger charge is -2.38. The van der Waals surface area contributed by atoms with E-state index < -0.39 is 0 Å². The van der Waals surface area contributed by atoms with Crippen LogP contribution in [0.25, 0.3) is 0 Å². The zero-order valence-corrected chi connectivity index (χ0v) is 14.8. The summed E-state index contributed by atoms with van der Waals surface area (Å²) in [5.74, 6) is 1.18. The SMILES string of the molecule is C=C/C=C(\C=C/C)C1=CC(C(=O)N2CCCC(C)(C)C2)CS1. The number of nitrogens with zero attached hydrogens (tertiary/aromatic N) is 1. The van der Waals surface area contributed by atoms with E-state index in [1.54, 1.807) is 17.8 Å². The first-order chi connectivity index (χ1) is 10.5. The maximum absolute atomic E-state index is 12.8. The van der Waals surface area contributed by atoms with Gasteiger partial charge in [-0.3, -0.25) is 4.79 Å². The second-order valence-electron chi connectivity index (χ2n) is 6.83. The van der Waals surface area contributed by atoms with Crippen LogP contribution in [-0.2, 0) is 4.79 Å². The monoisotopic (exact) mass is 317 g/mol. The lowest BCUT2D eigenvalue weighted by Crippen LogP contribution is -2.45. The van der Waals surface area contributed by atoms with Crippen molar-refractivity contribution in [3.05, 3.63) is 47.4 Å². The van der Waals surface area contributed by atoms with E-state index in [1.165, 1.54) is 11.3 Å². The molecule has 2 heterocycles. The second kappa shape index (κ2) is 7.36. The van der Waals surface area contributed by atoms with Crippen LogP contribution in [0.15, 0.2) is 47.4 Å². The molecule has 1 atom stereocenters. The van der Waals surface area contributed by atoms with E-state index in [1.807, 2.05) is 19.1 Å². The molecule has 120 valence electrons. The minimum atomic E-state index is 0.0207. The van der Waals surface area contributed by atoms with Gasteiger partial charge >= 0.3 is 0 Å². The standard InChI is InChI=1S/C19H27NOS/c1-5-8-15(9-6-2)17-12-16(13-22-17)18(21)20-11-7-10-19(3,4)14-20/h5-6,8-9,12,16H,1,7,10-11,13-14H2,2-4H3/b9-6-,15-8+. The number of rotatable bonds is 4. The fourth-order valence-corrected chi connectivity index (χ4v) is 4.31. The third-order valence-corrected chi connectivity index (χ3v) is 5.44. The molecule has 1 unspecified atom stereocenters. The Kier molecular flexibility index (Phi) is 5.74. The Labute approximate surface area is 139 Å².